The molecule has 1 aliphatic rings. The Hall–Kier alpha value is -3.24. The maximum atomic E-state index is 13.5. The molecule has 0 spiro atoms. The average Bonchev–Trinajstić information content (AvgIpc) is 3.39. The second-order valence-corrected chi connectivity index (χ2v) is 10.9. The molecule has 1 atom stereocenters. The van der Waals surface area contributed by atoms with Gasteiger partial charge in [0.05, 0.1) is 28.4 Å². The number of rotatable bonds is 5. The lowest BCUT2D eigenvalue weighted by Gasteiger charge is -2.23. The second kappa shape index (κ2) is 9.67. The number of halogens is 1. The summed E-state index contributed by atoms with van der Waals surface area (Å²) in [6.07, 6.45) is 0. The molecule has 8 heteroatoms. The van der Waals surface area contributed by atoms with Crippen LogP contribution >= 0.6 is 33.9 Å². The van der Waals surface area contributed by atoms with Gasteiger partial charge in [-0.05, 0) is 90.9 Å². The molecule has 0 bridgehead atoms. The maximum Gasteiger partial charge on any atom is 0.301 e. The van der Waals surface area contributed by atoms with Gasteiger partial charge in [-0.15, -0.1) is 0 Å². The van der Waals surface area contributed by atoms with Crippen LogP contribution in [0, 0.1) is 17.4 Å². The van der Waals surface area contributed by atoms with E-state index in [1.54, 1.807) is 0 Å². The van der Waals surface area contributed by atoms with E-state index in [0.29, 0.717) is 28.6 Å². The third kappa shape index (κ3) is 4.28. The molecule has 1 aromatic heterocycles. The molecule has 5 rings (SSSR count). The molecule has 36 heavy (non-hydrogen) atoms. The Morgan fingerprint density at radius 2 is 1.83 bits per heavy atom. The largest absolute Gasteiger partial charge is 0.507 e. The van der Waals surface area contributed by atoms with Crippen LogP contribution in [0.2, 0.25) is 0 Å². The number of ether oxygens (including phenoxy) is 1. The van der Waals surface area contributed by atoms with Gasteiger partial charge >= 0.3 is 5.91 Å². The zero-order valence-corrected chi connectivity index (χ0v) is 22.9. The summed E-state index contributed by atoms with van der Waals surface area (Å²) in [5, 5.41) is 11.8. The number of nitrogens with zero attached hydrogens (tertiary/aromatic N) is 2. The number of benzene rings is 3. The SMILES string of the molecule is CCOc1ccc2nc(N3C(=O)C(=O)C(=C(O)c4cc(C)ccc4C)C3c3ccc(I)cc3)sc2c1. The number of anilines is 1. The zero-order valence-electron chi connectivity index (χ0n) is 19.9. The molecule has 1 fully saturated rings. The van der Waals surface area contributed by atoms with Crippen molar-refractivity contribution in [2.24, 2.45) is 0 Å². The second-order valence-electron chi connectivity index (χ2n) is 8.60. The van der Waals surface area contributed by atoms with Crippen LogP contribution in [0.4, 0.5) is 5.13 Å². The zero-order chi connectivity index (χ0) is 25.6. The van der Waals surface area contributed by atoms with Crippen LogP contribution in [0.1, 0.15) is 35.2 Å². The highest BCUT2D eigenvalue weighted by molar-refractivity contribution is 14.1. The number of hydrogen-bond acceptors (Lipinski definition) is 6. The van der Waals surface area contributed by atoms with Crippen molar-refractivity contribution >= 4 is 66.7 Å². The minimum atomic E-state index is -0.811. The first-order valence-corrected chi connectivity index (χ1v) is 13.4. The summed E-state index contributed by atoms with van der Waals surface area (Å²) < 4.78 is 7.47. The first-order chi connectivity index (χ1) is 17.3. The summed E-state index contributed by atoms with van der Waals surface area (Å²) in [5.74, 6) is -0.910. The molecule has 1 saturated heterocycles. The third-order valence-electron chi connectivity index (χ3n) is 6.14. The number of aromatic nitrogens is 1. The van der Waals surface area contributed by atoms with E-state index in [1.807, 2.05) is 81.4 Å². The van der Waals surface area contributed by atoms with Crippen LogP contribution in [0.25, 0.3) is 16.0 Å². The van der Waals surface area contributed by atoms with Crippen LogP contribution < -0.4 is 9.64 Å². The number of carbonyl (C=O) groups is 2. The number of ketones is 1. The number of carbonyl (C=O) groups excluding carboxylic acids is 2. The quantitative estimate of drug-likeness (QED) is 0.120. The predicted octanol–water partition coefficient (Wildman–Crippen LogP) is 6.54. The molecule has 1 N–H and O–H groups in total. The summed E-state index contributed by atoms with van der Waals surface area (Å²) in [6.45, 7) is 6.24. The van der Waals surface area contributed by atoms with Crippen molar-refractivity contribution in [3.8, 4) is 5.75 Å². The minimum Gasteiger partial charge on any atom is -0.507 e. The van der Waals surface area contributed by atoms with Gasteiger partial charge in [-0.2, -0.15) is 0 Å². The Bertz CT molecular complexity index is 1540. The van der Waals surface area contributed by atoms with Crippen LogP contribution in [0.15, 0.2) is 66.2 Å². The lowest BCUT2D eigenvalue weighted by Crippen LogP contribution is -2.29. The summed E-state index contributed by atoms with van der Waals surface area (Å²) in [6, 6.07) is 18.0. The Morgan fingerprint density at radius 3 is 2.56 bits per heavy atom. The third-order valence-corrected chi connectivity index (χ3v) is 7.88. The van der Waals surface area contributed by atoms with Crippen LogP contribution in [-0.4, -0.2) is 28.4 Å². The highest BCUT2D eigenvalue weighted by Crippen LogP contribution is 2.45. The van der Waals surface area contributed by atoms with Crippen molar-refractivity contribution in [2.45, 2.75) is 26.8 Å². The number of Topliss-reactive ketones (excluding diaryl/α,β-unsaturated/α-hetero) is 1. The van der Waals surface area contributed by atoms with Gasteiger partial charge in [0, 0.05) is 9.13 Å². The van der Waals surface area contributed by atoms with Crippen molar-refractivity contribution in [2.75, 3.05) is 11.5 Å². The molecule has 1 amide bonds. The van der Waals surface area contributed by atoms with Gasteiger partial charge < -0.3 is 9.84 Å². The number of aryl methyl sites for hydroxylation is 2. The summed E-state index contributed by atoms with van der Waals surface area (Å²) in [5.41, 5.74) is 3.78. The highest BCUT2D eigenvalue weighted by atomic mass is 127. The molecule has 4 aromatic rings. The maximum absolute atomic E-state index is 13.5. The van der Waals surface area contributed by atoms with Crippen molar-refractivity contribution in [1.82, 2.24) is 4.98 Å². The van der Waals surface area contributed by atoms with Crippen molar-refractivity contribution in [3.63, 3.8) is 0 Å². The van der Waals surface area contributed by atoms with E-state index in [2.05, 4.69) is 27.6 Å². The monoisotopic (exact) mass is 610 g/mol. The number of thiazole rings is 1. The summed E-state index contributed by atoms with van der Waals surface area (Å²) in [4.78, 5) is 33.0. The smallest absolute Gasteiger partial charge is 0.301 e. The first-order valence-electron chi connectivity index (χ1n) is 11.5. The molecule has 2 heterocycles. The van der Waals surface area contributed by atoms with Crippen LogP contribution in [0.3, 0.4) is 0 Å². The highest BCUT2D eigenvalue weighted by Gasteiger charge is 2.48. The van der Waals surface area contributed by atoms with Gasteiger partial charge in [-0.3, -0.25) is 14.5 Å². The number of fused-ring (bicyclic) bond motifs is 1. The summed E-state index contributed by atoms with van der Waals surface area (Å²) >= 11 is 3.52. The molecule has 0 aliphatic carbocycles. The van der Waals surface area contributed by atoms with Crippen molar-refractivity contribution in [1.29, 1.82) is 0 Å². The van der Waals surface area contributed by atoms with E-state index in [0.717, 1.165) is 25.0 Å². The van der Waals surface area contributed by atoms with Gasteiger partial charge in [0.25, 0.3) is 5.78 Å². The molecule has 1 aliphatic heterocycles. The van der Waals surface area contributed by atoms with Gasteiger partial charge in [0.2, 0.25) is 0 Å². The van der Waals surface area contributed by atoms with Gasteiger partial charge in [-0.1, -0.05) is 41.2 Å². The minimum absolute atomic E-state index is 0.0594. The van der Waals surface area contributed by atoms with E-state index < -0.39 is 17.7 Å². The lowest BCUT2D eigenvalue weighted by molar-refractivity contribution is -0.132. The molecular weight excluding hydrogens is 587 g/mol. The number of aliphatic hydroxyl groups excluding tert-OH is 1. The molecule has 0 saturated carbocycles. The van der Waals surface area contributed by atoms with Gasteiger partial charge in [0.15, 0.2) is 5.13 Å². The standard InChI is InChI=1S/C28H23IN2O4S/c1-4-35-19-11-12-21-22(14-19)36-28(30-21)31-24(17-7-9-18(29)10-8-17)23(26(33)27(31)34)25(32)20-13-15(2)5-6-16(20)3/h5-14,24,32H,4H2,1-3H3. The molecular formula is C28H23IN2O4S. The molecule has 1 unspecified atom stereocenters. The van der Waals surface area contributed by atoms with E-state index in [4.69, 9.17) is 4.74 Å². The Kier molecular flexibility index (Phi) is 6.57. The Labute approximate surface area is 226 Å². The van der Waals surface area contributed by atoms with E-state index in [1.165, 1.54) is 16.2 Å². The number of amides is 1. The van der Waals surface area contributed by atoms with Crippen molar-refractivity contribution < 1.29 is 19.4 Å². The molecule has 3 aromatic carbocycles. The Morgan fingerprint density at radius 1 is 1.08 bits per heavy atom. The average molecular weight is 610 g/mol. The lowest BCUT2D eigenvalue weighted by atomic mass is 9.93. The predicted molar refractivity (Wildman–Crippen MR) is 151 cm³/mol. The van der Waals surface area contributed by atoms with Gasteiger partial charge in [0.1, 0.15) is 11.5 Å². The topological polar surface area (TPSA) is 79.7 Å². The van der Waals surface area contributed by atoms with Crippen LogP contribution in [0.5, 0.6) is 5.75 Å². The Balaban J connectivity index is 1.72. The molecule has 6 nitrogen and oxygen atoms in total. The van der Waals surface area contributed by atoms with E-state index >= 15 is 0 Å². The number of aliphatic hydroxyl groups is 1. The number of hydrogen-bond donors (Lipinski definition) is 1. The van der Waals surface area contributed by atoms with Crippen LogP contribution in [-0.2, 0) is 9.59 Å². The van der Waals surface area contributed by atoms with E-state index in [-0.39, 0.29) is 11.3 Å². The fourth-order valence-corrected chi connectivity index (χ4v) is 5.76. The first kappa shape index (κ1) is 24.5. The molecule has 182 valence electrons. The van der Waals surface area contributed by atoms with Gasteiger partial charge in [-0.25, -0.2) is 4.98 Å². The van der Waals surface area contributed by atoms with E-state index in [9.17, 15) is 14.7 Å². The van der Waals surface area contributed by atoms with Crippen molar-refractivity contribution in [3.05, 3.63) is 92.1 Å². The fraction of sp³-hybridized carbons (Fsp3) is 0.179. The summed E-state index contributed by atoms with van der Waals surface area (Å²) in [7, 11) is 0. The normalized spacial score (nSPS) is 17.2. The molecule has 0 radical (unpaired) electrons. The fourth-order valence-electron chi connectivity index (χ4n) is 4.38.